The third-order valence-corrected chi connectivity index (χ3v) is 2.45. The molecule has 0 aliphatic carbocycles. The Morgan fingerprint density at radius 1 is 1.24 bits per heavy atom. The molecule has 0 rings (SSSR count). The third kappa shape index (κ3) is 6.26. The van der Waals surface area contributed by atoms with Gasteiger partial charge in [-0.2, -0.15) is 0 Å². The smallest absolute Gasteiger partial charge is 0.316 e. The predicted molar refractivity (Wildman–Crippen MR) is 66.8 cm³/mol. The minimum Gasteiger partial charge on any atom is -0.481 e. The number of carbonyl (C=O) groups excluding carboxylic acids is 1. The highest BCUT2D eigenvalue weighted by Gasteiger charge is 2.37. The van der Waals surface area contributed by atoms with E-state index in [4.69, 9.17) is 5.11 Å². The van der Waals surface area contributed by atoms with E-state index in [9.17, 15) is 9.59 Å². The molecule has 0 bridgehead atoms. The molecule has 1 unspecified atom stereocenters. The number of rotatable bonds is 7. The van der Waals surface area contributed by atoms with E-state index < -0.39 is 23.2 Å². The molecule has 0 radical (unpaired) electrons. The normalized spacial score (nSPS) is 13.2. The quantitative estimate of drug-likeness (QED) is 0.458. The van der Waals surface area contributed by atoms with Crippen LogP contribution in [0.15, 0.2) is 0 Å². The highest BCUT2D eigenvalue weighted by molar-refractivity contribution is 5.97. The van der Waals surface area contributed by atoms with Gasteiger partial charge in [-0.3, -0.25) is 9.59 Å². The van der Waals surface area contributed by atoms with E-state index in [0.29, 0.717) is 6.54 Å². The zero-order chi connectivity index (χ0) is 13.5. The van der Waals surface area contributed by atoms with Crippen molar-refractivity contribution in [3.05, 3.63) is 0 Å². The highest BCUT2D eigenvalue weighted by Crippen LogP contribution is 2.26. The molecule has 3 N–H and O–H groups in total. The fourth-order valence-corrected chi connectivity index (χ4v) is 1.58. The maximum Gasteiger partial charge on any atom is 0.316 e. The zero-order valence-corrected chi connectivity index (χ0v) is 11.2. The van der Waals surface area contributed by atoms with Crippen molar-refractivity contribution in [2.24, 2.45) is 11.3 Å². The number of hydrogen-bond donors (Lipinski definition) is 3. The van der Waals surface area contributed by atoms with Gasteiger partial charge in [-0.15, -0.1) is 0 Å². The van der Waals surface area contributed by atoms with Gasteiger partial charge in [0.2, 0.25) is 5.91 Å². The van der Waals surface area contributed by atoms with Crippen LogP contribution in [0.4, 0.5) is 0 Å². The van der Waals surface area contributed by atoms with Crippen LogP contribution in [0.2, 0.25) is 0 Å². The molecule has 0 aromatic heterocycles. The number of carbonyl (C=O) groups is 2. The van der Waals surface area contributed by atoms with Gasteiger partial charge in [0, 0.05) is 6.54 Å². The summed E-state index contributed by atoms with van der Waals surface area (Å²) in [6.07, 6.45) is 0.802. The van der Waals surface area contributed by atoms with Crippen LogP contribution in [0, 0.1) is 11.3 Å². The molecule has 0 spiro atoms. The monoisotopic (exact) mass is 244 g/mol. The number of carboxylic acid groups (broad SMARTS) is 1. The molecule has 0 heterocycles. The number of aliphatic carboxylic acids is 1. The van der Waals surface area contributed by atoms with Crippen molar-refractivity contribution < 1.29 is 14.7 Å². The molecule has 0 aromatic carbocycles. The summed E-state index contributed by atoms with van der Waals surface area (Å²) in [6.45, 7) is 9.50. The van der Waals surface area contributed by atoms with Gasteiger partial charge >= 0.3 is 5.97 Å². The van der Waals surface area contributed by atoms with Crippen LogP contribution in [0.1, 0.15) is 34.1 Å². The van der Waals surface area contributed by atoms with Crippen LogP contribution in [0.3, 0.4) is 0 Å². The Bertz CT molecular complexity index is 259. The van der Waals surface area contributed by atoms with Gasteiger partial charge in [0.1, 0.15) is 5.92 Å². The lowest BCUT2D eigenvalue weighted by Crippen LogP contribution is -2.43. The molecule has 0 saturated heterocycles. The molecule has 5 heteroatoms. The van der Waals surface area contributed by atoms with Gasteiger partial charge in [-0.1, -0.05) is 27.7 Å². The number of amides is 1. The maximum absolute atomic E-state index is 11.8. The Morgan fingerprint density at radius 3 is 2.24 bits per heavy atom. The summed E-state index contributed by atoms with van der Waals surface area (Å²) in [4.78, 5) is 22.8. The molecule has 0 aromatic rings. The Balaban J connectivity index is 4.13. The molecular weight excluding hydrogens is 220 g/mol. The van der Waals surface area contributed by atoms with Crippen molar-refractivity contribution in [3.63, 3.8) is 0 Å². The SMILES string of the molecule is CCNCCCNC(=O)C(C(=O)O)C(C)(C)C. The Hall–Kier alpha value is -1.10. The Morgan fingerprint density at radius 2 is 1.82 bits per heavy atom. The van der Waals surface area contributed by atoms with Crippen molar-refractivity contribution in [2.45, 2.75) is 34.1 Å². The summed E-state index contributed by atoms with van der Waals surface area (Å²) in [5.74, 6) is -2.47. The standard InChI is InChI=1S/C12H24N2O3/c1-5-13-7-6-8-14-10(15)9(11(16)17)12(2,3)4/h9,13H,5-8H2,1-4H3,(H,14,15)(H,16,17). The lowest BCUT2D eigenvalue weighted by Gasteiger charge is -2.25. The first-order valence-electron chi connectivity index (χ1n) is 6.02. The van der Waals surface area contributed by atoms with Crippen LogP contribution in [-0.4, -0.2) is 36.6 Å². The molecule has 1 atom stereocenters. The summed E-state index contributed by atoms with van der Waals surface area (Å²) in [7, 11) is 0. The van der Waals surface area contributed by atoms with Gasteiger partial charge in [0.15, 0.2) is 0 Å². The average Bonchev–Trinajstić information content (AvgIpc) is 2.14. The van der Waals surface area contributed by atoms with E-state index in [0.717, 1.165) is 19.5 Å². The topological polar surface area (TPSA) is 78.4 Å². The molecular formula is C12H24N2O3. The molecule has 0 saturated carbocycles. The number of nitrogens with one attached hydrogen (secondary N) is 2. The Labute approximate surface area is 103 Å². The first kappa shape index (κ1) is 15.9. The minimum atomic E-state index is -1.07. The largest absolute Gasteiger partial charge is 0.481 e. The molecule has 17 heavy (non-hydrogen) atoms. The third-order valence-electron chi connectivity index (χ3n) is 2.45. The summed E-state index contributed by atoms with van der Waals surface area (Å²) in [5, 5.41) is 14.9. The van der Waals surface area contributed by atoms with E-state index in [1.165, 1.54) is 0 Å². The van der Waals surface area contributed by atoms with Crippen molar-refractivity contribution in [3.8, 4) is 0 Å². The number of hydrogen-bond acceptors (Lipinski definition) is 3. The van der Waals surface area contributed by atoms with E-state index in [-0.39, 0.29) is 0 Å². The lowest BCUT2D eigenvalue weighted by atomic mass is 9.80. The fraction of sp³-hybridized carbons (Fsp3) is 0.833. The van der Waals surface area contributed by atoms with Crippen LogP contribution in [0.25, 0.3) is 0 Å². The van der Waals surface area contributed by atoms with Gasteiger partial charge < -0.3 is 15.7 Å². The van der Waals surface area contributed by atoms with E-state index in [2.05, 4.69) is 10.6 Å². The molecule has 0 fully saturated rings. The first-order valence-corrected chi connectivity index (χ1v) is 6.02. The summed E-state index contributed by atoms with van der Waals surface area (Å²) < 4.78 is 0. The van der Waals surface area contributed by atoms with E-state index in [1.807, 2.05) is 6.92 Å². The fourth-order valence-electron chi connectivity index (χ4n) is 1.58. The van der Waals surface area contributed by atoms with Gasteiger partial charge in [-0.25, -0.2) is 0 Å². The highest BCUT2D eigenvalue weighted by atomic mass is 16.4. The van der Waals surface area contributed by atoms with Crippen molar-refractivity contribution >= 4 is 11.9 Å². The first-order chi connectivity index (χ1) is 7.80. The van der Waals surface area contributed by atoms with Gasteiger partial charge in [0.05, 0.1) is 0 Å². The lowest BCUT2D eigenvalue weighted by molar-refractivity contribution is -0.151. The molecule has 0 aliphatic heterocycles. The summed E-state index contributed by atoms with van der Waals surface area (Å²) in [6, 6.07) is 0. The van der Waals surface area contributed by atoms with E-state index in [1.54, 1.807) is 20.8 Å². The molecule has 5 nitrogen and oxygen atoms in total. The van der Waals surface area contributed by atoms with Gasteiger partial charge in [-0.05, 0) is 24.9 Å². The Kier molecular flexibility index (Phi) is 6.80. The second-order valence-corrected chi connectivity index (χ2v) is 5.14. The molecule has 0 aliphatic rings. The minimum absolute atomic E-state index is 0.401. The van der Waals surface area contributed by atoms with Crippen molar-refractivity contribution in [1.29, 1.82) is 0 Å². The molecule has 1 amide bonds. The molecule has 100 valence electrons. The predicted octanol–water partition coefficient (Wildman–Crippen LogP) is 0.849. The summed E-state index contributed by atoms with van der Waals surface area (Å²) in [5.41, 5.74) is -0.572. The average molecular weight is 244 g/mol. The van der Waals surface area contributed by atoms with Crippen LogP contribution < -0.4 is 10.6 Å². The van der Waals surface area contributed by atoms with E-state index >= 15 is 0 Å². The van der Waals surface area contributed by atoms with Crippen LogP contribution >= 0.6 is 0 Å². The summed E-state index contributed by atoms with van der Waals surface area (Å²) >= 11 is 0. The van der Waals surface area contributed by atoms with Crippen molar-refractivity contribution in [1.82, 2.24) is 10.6 Å². The van der Waals surface area contributed by atoms with Crippen molar-refractivity contribution in [2.75, 3.05) is 19.6 Å². The second kappa shape index (κ2) is 7.27. The van der Waals surface area contributed by atoms with Crippen LogP contribution in [0.5, 0.6) is 0 Å². The zero-order valence-electron chi connectivity index (χ0n) is 11.2. The maximum atomic E-state index is 11.8. The van der Waals surface area contributed by atoms with Crippen LogP contribution in [-0.2, 0) is 9.59 Å². The number of carboxylic acids is 1. The van der Waals surface area contributed by atoms with Gasteiger partial charge in [0.25, 0.3) is 0 Å². The second-order valence-electron chi connectivity index (χ2n) is 5.14.